The number of halogens is 1. The Labute approximate surface area is 196 Å². The molecule has 0 bridgehead atoms. The number of nitrogens with zero attached hydrogens (tertiary/aromatic N) is 1. The summed E-state index contributed by atoms with van der Waals surface area (Å²) < 4.78 is 16.2. The first-order valence-electron chi connectivity index (χ1n) is 10.2. The van der Waals surface area contributed by atoms with Crippen LogP contribution in [0.2, 0.25) is 0 Å². The van der Waals surface area contributed by atoms with Crippen LogP contribution in [0.1, 0.15) is 29.6 Å². The molecule has 0 saturated carbocycles. The van der Waals surface area contributed by atoms with E-state index in [1.807, 2.05) is 0 Å². The molecule has 1 aromatic carbocycles. The zero-order valence-corrected chi connectivity index (χ0v) is 20.3. The van der Waals surface area contributed by atoms with E-state index in [1.165, 1.54) is 0 Å². The van der Waals surface area contributed by atoms with Gasteiger partial charge in [-0.1, -0.05) is 0 Å². The molecule has 2 rings (SSSR count). The second-order valence-corrected chi connectivity index (χ2v) is 6.89. The van der Waals surface area contributed by atoms with E-state index in [-0.39, 0.29) is 29.9 Å². The van der Waals surface area contributed by atoms with E-state index >= 15 is 0 Å². The van der Waals surface area contributed by atoms with Gasteiger partial charge in [0.25, 0.3) is 5.91 Å². The van der Waals surface area contributed by atoms with Gasteiger partial charge in [0.15, 0.2) is 5.96 Å². The molecule has 170 valence electrons. The molecule has 1 aliphatic rings. The molecular formula is C21H35IN4O4. The average Bonchev–Trinajstić information content (AvgIpc) is 2.78. The number of hydrogen-bond acceptors (Lipinski definition) is 5. The Morgan fingerprint density at radius 1 is 1.10 bits per heavy atom. The highest BCUT2D eigenvalue weighted by Crippen LogP contribution is 2.14. The van der Waals surface area contributed by atoms with Gasteiger partial charge in [0.1, 0.15) is 5.75 Å². The lowest BCUT2D eigenvalue weighted by atomic mass is 10.0. The normalized spacial score (nSPS) is 14.5. The molecule has 0 unspecified atom stereocenters. The van der Waals surface area contributed by atoms with Crippen LogP contribution in [0.5, 0.6) is 5.75 Å². The molecule has 1 aliphatic heterocycles. The Morgan fingerprint density at radius 2 is 1.77 bits per heavy atom. The Balaban J connectivity index is 0.00000450. The van der Waals surface area contributed by atoms with Crippen LogP contribution in [0, 0.1) is 5.92 Å². The SMILES string of the molecule is CN=C(NCCCOCC1CCOCC1)NCCNC(=O)c1ccc(OC)cc1.I. The molecule has 0 atom stereocenters. The summed E-state index contributed by atoms with van der Waals surface area (Å²) in [4.78, 5) is 16.3. The van der Waals surface area contributed by atoms with E-state index in [9.17, 15) is 4.79 Å². The first-order valence-corrected chi connectivity index (χ1v) is 10.2. The maximum absolute atomic E-state index is 12.1. The maximum Gasteiger partial charge on any atom is 0.251 e. The number of nitrogens with one attached hydrogen (secondary N) is 3. The molecule has 0 aromatic heterocycles. The maximum atomic E-state index is 12.1. The number of methoxy groups -OCH3 is 1. The first-order chi connectivity index (χ1) is 14.2. The summed E-state index contributed by atoms with van der Waals surface area (Å²) in [5, 5.41) is 9.32. The molecule has 0 radical (unpaired) electrons. The molecule has 1 amide bonds. The number of carbonyl (C=O) groups excluding carboxylic acids is 1. The van der Waals surface area contributed by atoms with Crippen molar-refractivity contribution < 1.29 is 19.0 Å². The highest BCUT2D eigenvalue weighted by atomic mass is 127. The minimum Gasteiger partial charge on any atom is -0.497 e. The summed E-state index contributed by atoms with van der Waals surface area (Å²) in [5.74, 6) is 1.97. The van der Waals surface area contributed by atoms with Crippen LogP contribution in [-0.4, -0.2) is 72.1 Å². The molecule has 1 fully saturated rings. The van der Waals surface area contributed by atoms with E-state index < -0.39 is 0 Å². The van der Waals surface area contributed by atoms with Crippen LogP contribution in [0.15, 0.2) is 29.3 Å². The summed E-state index contributed by atoms with van der Waals surface area (Å²) in [5.41, 5.74) is 0.606. The molecule has 0 aliphatic carbocycles. The fraction of sp³-hybridized carbons (Fsp3) is 0.619. The van der Waals surface area contributed by atoms with Crippen molar-refractivity contribution in [3.05, 3.63) is 29.8 Å². The van der Waals surface area contributed by atoms with Crippen molar-refractivity contribution in [2.75, 3.05) is 60.2 Å². The van der Waals surface area contributed by atoms with Crippen molar-refractivity contribution in [3.8, 4) is 5.75 Å². The highest BCUT2D eigenvalue weighted by molar-refractivity contribution is 14.0. The third-order valence-electron chi connectivity index (χ3n) is 4.73. The fourth-order valence-corrected chi connectivity index (χ4v) is 2.97. The minimum atomic E-state index is -0.112. The van der Waals surface area contributed by atoms with Crippen molar-refractivity contribution in [2.24, 2.45) is 10.9 Å². The zero-order chi connectivity index (χ0) is 20.7. The smallest absolute Gasteiger partial charge is 0.251 e. The van der Waals surface area contributed by atoms with E-state index in [0.717, 1.165) is 58.0 Å². The lowest BCUT2D eigenvalue weighted by molar-refractivity contribution is 0.0203. The van der Waals surface area contributed by atoms with Gasteiger partial charge in [0.05, 0.1) is 7.11 Å². The Morgan fingerprint density at radius 3 is 2.43 bits per heavy atom. The third-order valence-corrected chi connectivity index (χ3v) is 4.73. The number of guanidine groups is 1. The van der Waals surface area contributed by atoms with E-state index in [0.29, 0.717) is 30.5 Å². The van der Waals surface area contributed by atoms with Crippen molar-refractivity contribution in [3.63, 3.8) is 0 Å². The van der Waals surface area contributed by atoms with Crippen LogP contribution in [-0.2, 0) is 9.47 Å². The van der Waals surface area contributed by atoms with Crippen molar-refractivity contribution in [2.45, 2.75) is 19.3 Å². The second-order valence-electron chi connectivity index (χ2n) is 6.89. The van der Waals surface area contributed by atoms with Crippen molar-refractivity contribution in [1.29, 1.82) is 0 Å². The summed E-state index contributed by atoms with van der Waals surface area (Å²) >= 11 is 0. The van der Waals surface area contributed by atoms with Gasteiger partial charge in [-0.05, 0) is 49.4 Å². The third kappa shape index (κ3) is 10.4. The van der Waals surface area contributed by atoms with Gasteiger partial charge in [-0.15, -0.1) is 24.0 Å². The number of benzene rings is 1. The van der Waals surface area contributed by atoms with Crippen molar-refractivity contribution >= 4 is 35.8 Å². The van der Waals surface area contributed by atoms with Crippen molar-refractivity contribution in [1.82, 2.24) is 16.0 Å². The van der Waals surface area contributed by atoms with Crippen LogP contribution < -0.4 is 20.7 Å². The van der Waals surface area contributed by atoms with Gasteiger partial charge in [-0.2, -0.15) is 0 Å². The molecule has 30 heavy (non-hydrogen) atoms. The van der Waals surface area contributed by atoms with E-state index in [2.05, 4.69) is 20.9 Å². The highest BCUT2D eigenvalue weighted by Gasteiger charge is 2.13. The largest absolute Gasteiger partial charge is 0.497 e. The summed E-state index contributed by atoms with van der Waals surface area (Å²) in [6.45, 7) is 5.15. The average molecular weight is 534 g/mol. The van der Waals surface area contributed by atoms with Gasteiger partial charge < -0.3 is 30.2 Å². The van der Waals surface area contributed by atoms with E-state index in [4.69, 9.17) is 14.2 Å². The Kier molecular flexibility index (Phi) is 14.2. The number of amides is 1. The van der Waals surface area contributed by atoms with Gasteiger partial charge in [0, 0.05) is 58.7 Å². The predicted octanol–water partition coefficient (Wildman–Crippen LogP) is 2.04. The van der Waals surface area contributed by atoms with Crippen LogP contribution in [0.25, 0.3) is 0 Å². The number of ether oxygens (including phenoxy) is 3. The lowest BCUT2D eigenvalue weighted by Gasteiger charge is -2.21. The first kappa shape index (κ1) is 26.4. The van der Waals surface area contributed by atoms with Gasteiger partial charge in [0.2, 0.25) is 0 Å². The molecule has 3 N–H and O–H groups in total. The second kappa shape index (κ2) is 16.1. The molecule has 1 heterocycles. The number of carbonyl (C=O) groups is 1. The molecule has 8 nitrogen and oxygen atoms in total. The molecule has 1 aromatic rings. The number of hydrogen-bond donors (Lipinski definition) is 3. The quantitative estimate of drug-likeness (QED) is 0.174. The molecule has 0 spiro atoms. The molecule has 1 saturated heterocycles. The minimum absolute atomic E-state index is 0. The summed E-state index contributed by atoms with van der Waals surface area (Å²) in [6.07, 6.45) is 3.12. The Bertz CT molecular complexity index is 622. The molecule has 9 heteroatoms. The predicted molar refractivity (Wildman–Crippen MR) is 129 cm³/mol. The topological polar surface area (TPSA) is 93.2 Å². The van der Waals surface area contributed by atoms with Crippen LogP contribution in [0.3, 0.4) is 0 Å². The summed E-state index contributed by atoms with van der Waals surface area (Å²) in [7, 11) is 3.33. The van der Waals surface area contributed by atoms with Crippen LogP contribution in [0.4, 0.5) is 0 Å². The number of aliphatic imine (C=N–C) groups is 1. The Hall–Kier alpha value is -1.59. The fourth-order valence-electron chi connectivity index (χ4n) is 2.97. The van der Waals surface area contributed by atoms with Gasteiger partial charge in [-0.3, -0.25) is 9.79 Å². The van der Waals surface area contributed by atoms with Gasteiger partial charge >= 0.3 is 0 Å². The van der Waals surface area contributed by atoms with Crippen LogP contribution >= 0.6 is 24.0 Å². The van der Waals surface area contributed by atoms with Gasteiger partial charge in [-0.25, -0.2) is 0 Å². The van der Waals surface area contributed by atoms with E-state index in [1.54, 1.807) is 38.4 Å². The molecular weight excluding hydrogens is 499 g/mol. The zero-order valence-electron chi connectivity index (χ0n) is 17.9. The number of rotatable bonds is 11. The lowest BCUT2D eigenvalue weighted by Crippen LogP contribution is -2.42. The standard InChI is InChI=1S/C21H34N4O4.HI/c1-22-21(24-10-3-13-29-16-17-8-14-28-15-9-17)25-12-11-23-20(26)18-4-6-19(27-2)7-5-18;/h4-7,17H,3,8-16H2,1-2H3,(H,23,26)(H2,22,24,25);1H. The monoisotopic (exact) mass is 534 g/mol. The summed E-state index contributed by atoms with van der Waals surface area (Å²) in [6, 6.07) is 7.02.